The summed E-state index contributed by atoms with van der Waals surface area (Å²) in [6.45, 7) is 3.93. The number of fused-ring (bicyclic) bond motifs is 1. The van der Waals surface area contributed by atoms with Crippen molar-refractivity contribution in [1.82, 2.24) is 9.97 Å². The molecule has 0 bridgehead atoms. The van der Waals surface area contributed by atoms with Crippen LogP contribution >= 0.6 is 0 Å². The van der Waals surface area contributed by atoms with Gasteiger partial charge in [0.2, 0.25) is 0 Å². The van der Waals surface area contributed by atoms with Crippen LogP contribution in [0.5, 0.6) is 5.75 Å². The van der Waals surface area contributed by atoms with Crippen LogP contribution in [0, 0.1) is 23.3 Å². The van der Waals surface area contributed by atoms with E-state index < -0.39 is 23.3 Å². The first-order valence-electron chi connectivity index (χ1n) is 9.87. The van der Waals surface area contributed by atoms with E-state index in [1.165, 1.54) is 0 Å². The van der Waals surface area contributed by atoms with Crippen LogP contribution in [0.2, 0.25) is 0 Å². The molecule has 0 aliphatic carbocycles. The molecule has 0 amide bonds. The maximum atomic E-state index is 15.0. The summed E-state index contributed by atoms with van der Waals surface area (Å²) in [5, 5.41) is 1.08. The molecule has 0 aliphatic heterocycles. The van der Waals surface area contributed by atoms with E-state index in [1.807, 2.05) is 0 Å². The molecule has 4 aromatic rings. The highest BCUT2D eigenvalue weighted by atomic mass is 19.2. The molecule has 7 heteroatoms. The normalized spacial score (nSPS) is 11.0. The summed E-state index contributed by atoms with van der Waals surface area (Å²) in [7, 11) is 0. The Bertz CT molecular complexity index is 1270. The first kappa shape index (κ1) is 21.5. The van der Waals surface area contributed by atoms with Gasteiger partial charge in [0.15, 0.2) is 29.0 Å². The van der Waals surface area contributed by atoms with E-state index in [-0.39, 0.29) is 18.4 Å². The average molecular weight is 438 g/mol. The molecule has 4 rings (SSSR count). The van der Waals surface area contributed by atoms with Crippen LogP contribution in [-0.2, 0) is 12.8 Å². The number of halogens is 4. The summed E-state index contributed by atoms with van der Waals surface area (Å²) in [5.41, 5.74) is 1.38. The van der Waals surface area contributed by atoms with Gasteiger partial charge in [-0.05, 0) is 47.6 Å². The lowest BCUT2D eigenvalue weighted by Gasteiger charge is -2.09. The molecule has 1 heterocycles. The largest absolute Gasteiger partial charge is 0.486 e. The fourth-order valence-corrected chi connectivity index (χ4v) is 3.40. The van der Waals surface area contributed by atoms with Crippen LogP contribution in [0.15, 0.2) is 67.5 Å². The molecule has 0 aliphatic rings. The topological polar surface area (TPSA) is 35.0 Å². The lowest BCUT2D eigenvalue weighted by atomic mass is 9.99. The second kappa shape index (κ2) is 9.18. The van der Waals surface area contributed by atoms with Gasteiger partial charge in [0.1, 0.15) is 12.4 Å². The van der Waals surface area contributed by atoms with Gasteiger partial charge in [0.25, 0.3) is 0 Å². The first-order valence-corrected chi connectivity index (χ1v) is 9.87. The van der Waals surface area contributed by atoms with Gasteiger partial charge in [0.05, 0.1) is 12.4 Å². The Morgan fingerprint density at radius 3 is 2.25 bits per heavy atom. The lowest BCUT2D eigenvalue weighted by molar-refractivity contribution is 0.360. The van der Waals surface area contributed by atoms with Gasteiger partial charge in [-0.25, -0.2) is 27.5 Å². The molecule has 0 atom stereocenters. The van der Waals surface area contributed by atoms with E-state index in [2.05, 4.69) is 16.5 Å². The summed E-state index contributed by atoms with van der Waals surface area (Å²) < 4.78 is 60.3. The lowest BCUT2D eigenvalue weighted by Crippen LogP contribution is -1.99. The second-order valence-corrected chi connectivity index (χ2v) is 7.19. The zero-order valence-corrected chi connectivity index (χ0v) is 16.9. The number of aryl methyl sites for hydroxylation is 2. The predicted octanol–water partition coefficient (Wildman–Crippen LogP) is 6.20. The van der Waals surface area contributed by atoms with Crippen LogP contribution in [0.25, 0.3) is 22.2 Å². The molecule has 0 N–H and O–H groups in total. The summed E-state index contributed by atoms with van der Waals surface area (Å²) in [6, 6.07) is 10.4. The molecule has 162 valence electrons. The first-order chi connectivity index (χ1) is 15.5. The quantitative estimate of drug-likeness (QED) is 0.196. The number of benzene rings is 3. The van der Waals surface area contributed by atoms with Crippen LogP contribution in [-0.4, -0.2) is 16.6 Å². The summed E-state index contributed by atoms with van der Waals surface area (Å²) in [4.78, 5) is 8.56. The molecule has 0 saturated carbocycles. The Kier molecular flexibility index (Phi) is 6.16. The van der Waals surface area contributed by atoms with Gasteiger partial charge in [-0.2, -0.15) is 0 Å². The SMILES string of the molecule is C=CCOc1cnc(-c2ccc3c(F)c(CCc4cc(F)c(F)c(F)c4)ccc3c2)nc1. The van der Waals surface area contributed by atoms with Crippen molar-refractivity contribution >= 4 is 10.8 Å². The van der Waals surface area contributed by atoms with Gasteiger partial charge < -0.3 is 4.74 Å². The van der Waals surface area contributed by atoms with E-state index in [1.54, 1.807) is 48.8 Å². The molecular formula is C25H18F4N2O. The maximum absolute atomic E-state index is 15.0. The van der Waals surface area contributed by atoms with Crippen molar-refractivity contribution in [3.8, 4) is 17.1 Å². The average Bonchev–Trinajstić information content (AvgIpc) is 2.81. The van der Waals surface area contributed by atoms with Crippen molar-refractivity contribution in [3.63, 3.8) is 0 Å². The van der Waals surface area contributed by atoms with Gasteiger partial charge in [-0.1, -0.05) is 36.9 Å². The Morgan fingerprint density at radius 2 is 1.56 bits per heavy atom. The van der Waals surface area contributed by atoms with Crippen LogP contribution < -0.4 is 4.74 Å². The summed E-state index contributed by atoms with van der Waals surface area (Å²) >= 11 is 0. The fraction of sp³-hybridized carbons (Fsp3) is 0.120. The molecule has 0 unspecified atom stereocenters. The number of aromatic nitrogens is 2. The smallest absolute Gasteiger partial charge is 0.194 e. The number of hydrogen-bond acceptors (Lipinski definition) is 3. The molecule has 3 nitrogen and oxygen atoms in total. The summed E-state index contributed by atoms with van der Waals surface area (Å²) in [5.74, 6) is -3.44. The molecule has 3 aromatic carbocycles. The van der Waals surface area contributed by atoms with Gasteiger partial charge in [-0.3, -0.25) is 0 Å². The molecule has 1 aromatic heterocycles. The third kappa shape index (κ3) is 4.46. The highest BCUT2D eigenvalue weighted by molar-refractivity contribution is 5.87. The minimum absolute atomic E-state index is 0.169. The van der Waals surface area contributed by atoms with E-state index in [0.717, 1.165) is 17.7 Å². The van der Waals surface area contributed by atoms with E-state index >= 15 is 4.39 Å². The Balaban J connectivity index is 1.55. The second-order valence-electron chi connectivity index (χ2n) is 7.19. The number of rotatable bonds is 7. The third-order valence-corrected chi connectivity index (χ3v) is 5.01. The van der Waals surface area contributed by atoms with Crippen molar-refractivity contribution in [3.05, 3.63) is 102 Å². The monoisotopic (exact) mass is 438 g/mol. The molecule has 0 spiro atoms. The molecule has 0 radical (unpaired) electrons. The highest BCUT2D eigenvalue weighted by Crippen LogP contribution is 2.27. The molecule has 0 fully saturated rings. The van der Waals surface area contributed by atoms with Gasteiger partial charge in [0, 0.05) is 10.9 Å². The van der Waals surface area contributed by atoms with E-state index in [4.69, 9.17) is 4.74 Å². The number of hydrogen-bond donors (Lipinski definition) is 0. The van der Waals surface area contributed by atoms with Gasteiger partial charge in [-0.15, -0.1) is 0 Å². The highest BCUT2D eigenvalue weighted by Gasteiger charge is 2.13. The van der Waals surface area contributed by atoms with Crippen molar-refractivity contribution in [1.29, 1.82) is 0 Å². The van der Waals surface area contributed by atoms with Crippen LogP contribution in [0.4, 0.5) is 17.6 Å². The summed E-state index contributed by atoms with van der Waals surface area (Å²) in [6.07, 6.45) is 5.12. The van der Waals surface area contributed by atoms with E-state index in [9.17, 15) is 13.2 Å². The van der Waals surface area contributed by atoms with Crippen molar-refractivity contribution in [2.24, 2.45) is 0 Å². The number of nitrogens with zero attached hydrogens (tertiary/aromatic N) is 2. The Morgan fingerprint density at radius 1 is 0.844 bits per heavy atom. The van der Waals surface area contributed by atoms with Crippen LogP contribution in [0.3, 0.4) is 0 Å². The predicted molar refractivity (Wildman–Crippen MR) is 114 cm³/mol. The van der Waals surface area contributed by atoms with Crippen molar-refractivity contribution < 1.29 is 22.3 Å². The maximum Gasteiger partial charge on any atom is 0.194 e. The zero-order chi connectivity index (χ0) is 22.7. The van der Waals surface area contributed by atoms with Crippen molar-refractivity contribution in [2.45, 2.75) is 12.8 Å². The molecule has 0 saturated heterocycles. The fourth-order valence-electron chi connectivity index (χ4n) is 3.40. The molecule has 32 heavy (non-hydrogen) atoms. The van der Waals surface area contributed by atoms with E-state index in [0.29, 0.717) is 34.5 Å². The molecular weight excluding hydrogens is 420 g/mol. The Hall–Kier alpha value is -3.74. The minimum atomic E-state index is -1.51. The van der Waals surface area contributed by atoms with Gasteiger partial charge >= 0.3 is 0 Å². The minimum Gasteiger partial charge on any atom is -0.486 e. The van der Waals surface area contributed by atoms with Crippen molar-refractivity contribution in [2.75, 3.05) is 6.61 Å². The zero-order valence-electron chi connectivity index (χ0n) is 16.9. The third-order valence-electron chi connectivity index (χ3n) is 5.01. The number of ether oxygens (including phenoxy) is 1. The standard InChI is InChI=1S/C25H18F4N2O/c1-2-9-32-19-13-30-25(31-14-19)18-7-8-20-17(12-18)6-5-16(23(20)28)4-3-15-10-21(26)24(29)22(27)11-15/h2,5-8,10-14H,1,3-4,9H2. The Labute approximate surface area is 182 Å². The van der Waals surface area contributed by atoms with Crippen LogP contribution in [0.1, 0.15) is 11.1 Å².